The number of carboxylic acid groups (broad SMARTS) is 1. The first-order valence-electron chi connectivity index (χ1n) is 11.3. The zero-order chi connectivity index (χ0) is 24.1. The van der Waals surface area contributed by atoms with Gasteiger partial charge in [-0.15, -0.1) is 0 Å². The van der Waals surface area contributed by atoms with E-state index >= 15 is 0 Å². The fourth-order valence-corrected chi connectivity index (χ4v) is 4.16. The van der Waals surface area contributed by atoms with E-state index in [2.05, 4.69) is 4.98 Å². The Kier molecular flexibility index (Phi) is 7.15. The van der Waals surface area contributed by atoms with Crippen molar-refractivity contribution in [1.82, 2.24) is 9.88 Å². The Bertz CT molecular complexity index is 1130. The first-order valence-corrected chi connectivity index (χ1v) is 11.3. The van der Waals surface area contributed by atoms with Gasteiger partial charge >= 0.3 is 12.1 Å². The summed E-state index contributed by atoms with van der Waals surface area (Å²) >= 11 is 0. The van der Waals surface area contributed by atoms with Crippen LogP contribution in [0, 0.1) is 18.8 Å². The predicted molar refractivity (Wildman–Crippen MR) is 124 cm³/mol. The quantitative estimate of drug-likeness (QED) is 0.521. The molecule has 2 atom stereocenters. The van der Waals surface area contributed by atoms with Gasteiger partial charge in [-0.25, -0.2) is 9.78 Å². The molecule has 3 aromatic rings. The highest BCUT2D eigenvalue weighted by atomic mass is 16.6. The number of hydrogen-bond donors (Lipinski definition) is 1. The highest BCUT2D eigenvalue weighted by molar-refractivity contribution is 5.74. The summed E-state index contributed by atoms with van der Waals surface area (Å²) in [6, 6.07) is 17.3. The Morgan fingerprint density at radius 1 is 1.12 bits per heavy atom. The van der Waals surface area contributed by atoms with Crippen molar-refractivity contribution >= 4 is 12.1 Å². The summed E-state index contributed by atoms with van der Waals surface area (Å²) in [7, 11) is 0. The monoisotopic (exact) mass is 464 g/mol. The van der Waals surface area contributed by atoms with E-state index in [4.69, 9.17) is 13.9 Å². The van der Waals surface area contributed by atoms with Crippen molar-refractivity contribution in [3.05, 3.63) is 71.6 Å². The molecule has 0 bridgehead atoms. The molecule has 1 aliphatic rings. The maximum absolute atomic E-state index is 12.0. The van der Waals surface area contributed by atoms with Crippen LogP contribution in [-0.4, -0.2) is 46.7 Å². The maximum atomic E-state index is 12.0. The van der Waals surface area contributed by atoms with Crippen LogP contribution in [0.25, 0.3) is 11.5 Å². The molecule has 1 N–H and O–H groups in total. The number of amides is 1. The summed E-state index contributed by atoms with van der Waals surface area (Å²) in [5.74, 6) is 0.268. The van der Waals surface area contributed by atoms with E-state index in [-0.39, 0.29) is 25.7 Å². The van der Waals surface area contributed by atoms with Crippen molar-refractivity contribution in [2.45, 2.75) is 26.9 Å². The van der Waals surface area contributed by atoms with E-state index in [1.165, 1.54) is 4.90 Å². The molecule has 8 nitrogen and oxygen atoms in total. The lowest BCUT2D eigenvalue weighted by Crippen LogP contribution is -2.30. The predicted octanol–water partition coefficient (Wildman–Crippen LogP) is 4.56. The Morgan fingerprint density at radius 3 is 2.53 bits per heavy atom. The summed E-state index contributed by atoms with van der Waals surface area (Å²) in [5.41, 5.74) is 2.63. The van der Waals surface area contributed by atoms with Gasteiger partial charge in [0, 0.05) is 18.7 Å². The Balaban J connectivity index is 1.36. The molecule has 0 spiro atoms. The zero-order valence-electron chi connectivity index (χ0n) is 19.3. The lowest BCUT2D eigenvalue weighted by Gasteiger charge is -2.16. The Labute approximate surface area is 198 Å². The molecule has 2 heterocycles. The number of benzene rings is 2. The molecule has 1 amide bonds. The number of likely N-dealkylation sites (tertiary alicyclic amines) is 1. The minimum atomic E-state index is -0.894. The van der Waals surface area contributed by atoms with Crippen molar-refractivity contribution in [2.75, 3.05) is 19.7 Å². The lowest BCUT2D eigenvalue weighted by molar-refractivity contribution is -0.142. The number of ether oxygens (including phenoxy) is 2. The normalized spacial score (nSPS) is 17.5. The van der Waals surface area contributed by atoms with Gasteiger partial charge < -0.3 is 23.9 Å². The summed E-state index contributed by atoms with van der Waals surface area (Å²) in [6.45, 7) is 4.67. The van der Waals surface area contributed by atoms with Gasteiger partial charge in [0.1, 0.15) is 23.8 Å². The van der Waals surface area contributed by atoms with E-state index in [1.807, 2.05) is 61.5 Å². The van der Waals surface area contributed by atoms with Gasteiger partial charge in [0.2, 0.25) is 5.89 Å². The van der Waals surface area contributed by atoms with E-state index in [1.54, 1.807) is 6.92 Å². The second-order valence-corrected chi connectivity index (χ2v) is 8.33. The largest absolute Gasteiger partial charge is 0.487 e. The molecule has 2 aromatic carbocycles. The van der Waals surface area contributed by atoms with Crippen LogP contribution in [0.3, 0.4) is 0 Å². The minimum absolute atomic E-state index is 0.169. The third kappa shape index (κ3) is 5.39. The molecule has 0 saturated carbocycles. The topological polar surface area (TPSA) is 102 Å². The highest BCUT2D eigenvalue weighted by Gasteiger charge is 2.40. The number of hydrogen-bond acceptors (Lipinski definition) is 6. The number of rotatable bonds is 8. The molecule has 1 saturated heterocycles. The van der Waals surface area contributed by atoms with Gasteiger partial charge in [-0.05, 0) is 56.0 Å². The van der Waals surface area contributed by atoms with Gasteiger partial charge in [0.15, 0.2) is 0 Å². The molecule has 1 fully saturated rings. The average molecular weight is 465 g/mol. The van der Waals surface area contributed by atoms with Crippen LogP contribution in [0.5, 0.6) is 5.75 Å². The molecule has 0 unspecified atom stereocenters. The molecule has 34 heavy (non-hydrogen) atoms. The fraction of sp³-hybridized carbons (Fsp3) is 0.346. The van der Waals surface area contributed by atoms with Crippen LogP contribution in [0.2, 0.25) is 0 Å². The van der Waals surface area contributed by atoms with Crippen LogP contribution in [0.1, 0.15) is 23.9 Å². The van der Waals surface area contributed by atoms with Crippen LogP contribution in [-0.2, 0) is 22.6 Å². The van der Waals surface area contributed by atoms with Crippen molar-refractivity contribution in [3.63, 3.8) is 0 Å². The molecule has 1 aromatic heterocycles. The number of aliphatic carboxylic acids is 1. The van der Waals surface area contributed by atoms with Crippen molar-refractivity contribution in [1.29, 1.82) is 0 Å². The maximum Gasteiger partial charge on any atom is 0.409 e. The van der Waals surface area contributed by atoms with Crippen molar-refractivity contribution in [2.24, 2.45) is 11.8 Å². The van der Waals surface area contributed by atoms with Gasteiger partial charge in [-0.1, -0.05) is 30.3 Å². The standard InChI is InChI=1S/C26H28N2O6/c1-3-32-26(31)28-14-20(22(15-28)25(29)30)13-18-9-11-21(12-10-18)33-16-23-17(2)34-24(27-23)19-7-5-4-6-8-19/h4-12,20,22H,3,13-16H2,1-2H3,(H,29,30)/t20-,22+/m1/s1. The fourth-order valence-electron chi connectivity index (χ4n) is 4.16. The number of aromatic nitrogens is 1. The van der Waals surface area contributed by atoms with Gasteiger partial charge in [-0.2, -0.15) is 0 Å². The first kappa shape index (κ1) is 23.4. The smallest absolute Gasteiger partial charge is 0.409 e. The van der Waals surface area contributed by atoms with Crippen LogP contribution >= 0.6 is 0 Å². The number of oxazole rings is 1. The molecule has 8 heteroatoms. The Hall–Kier alpha value is -3.81. The van der Waals surface area contributed by atoms with E-state index in [0.717, 1.165) is 16.8 Å². The third-order valence-corrected chi connectivity index (χ3v) is 5.99. The summed E-state index contributed by atoms with van der Waals surface area (Å²) in [4.78, 5) is 29.8. The van der Waals surface area contributed by atoms with Gasteiger partial charge in [0.05, 0.1) is 12.5 Å². The van der Waals surface area contributed by atoms with E-state index in [0.29, 0.717) is 30.4 Å². The molecule has 0 radical (unpaired) electrons. The number of carbonyl (C=O) groups is 2. The van der Waals surface area contributed by atoms with E-state index in [9.17, 15) is 14.7 Å². The van der Waals surface area contributed by atoms with Crippen molar-refractivity contribution < 1.29 is 28.6 Å². The molecule has 0 aliphatic carbocycles. The third-order valence-electron chi connectivity index (χ3n) is 5.99. The van der Waals surface area contributed by atoms with Gasteiger partial charge in [-0.3, -0.25) is 4.79 Å². The highest BCUT2D eigenvalue weighted by Crippen LogP contribution is 2.29. The van der Waals surface area contributed by atoms with Crippen LogP contribution in [0.15, 0.2) is 59.0 Å². The summed E-state index contributed by atoms with van der Waals surface area (Å²) in [5, 5.41) is 9.60. The molecule has 4 rings (SSSR count). The first-order chi connectivity index (χ1) is 16.4. The SMILES string of the molecule is CCOC(=O)N1C[C@@H](Cc2ccc(OCc3nc(-c4ccccc4)oc3C)cc2)[C@@H](C(=O)O)C1. The van der Waals surface area contributed by atoms with Gasteiger partial charge in [0.25, 0.3) is 0 Å². The number of aryl methyl sites for hydroxylation is 1. The molecule has 178 valence electrons. The second kappa shape index (κ2) is 10.4. The van der Waals surface area contributed by atoms with Crippen molar-refractivity contribution in [3.8, 4) is 17.2 Å². The number of carboxylic acids is 1. The second-order valence-electron chi connectivity index (χ2n) is 8.33. The minimum Gasteiger partial charge on any atom is -0.487 e. The average Bonchev–Trinajstić information content (AvgIpc) is 3.43. The van der Waals surface area contributed by atoms with E-state index < -0.39 is 18.0 Å². The van der Waals surface area contributed by atoms with Crippen LogP contribution < -0.4 is 4.74 Å². The summed E-state index contributed by atoms with van der Waals surface area (Å²) in [6.07, 6.45) is 0.0919. The zero-order valence-corrected chi connectivity index (χ0v) is 19.3. The Morgan fingerprint density at radius 2 is 1.85 bits per heavy atom. The number of carbonyl (C=O) groups excluding carboxylic acids is 1. The van der Waals surface area contributed by atoms with Crippen LogP contribution in [0.4, 0.5) is 4.79 Å². The molecular weight excluding hydrogens is 436 g/mol. The number of nitrogens with zero attached hydrogens (tertiary/aromatic N) is 2. The lowest BCUT2D eigenvalue weighted by atomic mass is 9.90. The molecule has 1 aliphatic heterocycles. The molecular formula is C26H28N2O6. The summed E-state index contributed by atoms with van der Waals surface area (Å²) < 4.78 is 16.7.